The first-order chi connectivity index (χ1) is 9.70. The predicted octanol–water partition coefficient (Wildman–Crippen LogP) is 3.96. The van der Waals surface area contributed by atoms with Gasteiger partial charge in [-0.25, -0.2) is 9.97 Å². The second-order valence-corrected chi connectivity index (χ2v) is 5.29. The lowest BCUT2D eigenvalue weighted by Crippen LogP contribution is -1.92. The lowest BCUT2D eigenvalue weighted by Gasteiger charge is -2.01. The molecule has 0 aliphatic heterocycles. The summed E-state index contributed by atoms with van der Waals surface area (Å²) in [5.41, 5.74) is 2.98. The molecule has 100 valence electrons. The molecule has 2 aromatic heterocycles. The van der Waals surface area contributed by atoms with Gasteiger partial charge >= 0.3 is 0 Å². The summed E-state index contributed by atoms with van der Waals surface area (Å²) in [5.74, 6) is 1.04. The van der Waals surface area contributed by atoms with Crippen LogP contribution in [0, 0.1) is 6.92 Å². The minimum atomic E-state index is 0.256. The molecule has 1 aromatic carbocycles. The molecule has 0 aliphatic rings. The normalized spacial score (nSPS) is 10.4. The van der Waals surface area contributed by atoms with Gasteiger partial charge < -0.3 is 10.4 Å². The maximum Gasteiger partial charge on any atom is 0.188 e. The van der Waals surface area contributed by atoms with Gasteiger partial charge in [0, 0.05) is 17.1 Å². The van der Waals surface area contributed by atoms with Crippen LogP contribution >= 0.6 is 11.3 Å². The fourth-order valence-electron chi connectivity index (χ4n) is 1.75. The van der Waals surface area contributed by atoms with Crippen molar-refractivity contribution >= 4 is 22.3 Å². The molecule has 0 amide bonds. The number of aryl methyl sites for hydroxylation is 1. The molecule has 0 spiro atoms. The number of nitrogens with zero attached hydrogens (tertiary/aromatic N) is 2. The molecule has 2 heterocycles. The molecule has 0 aliphatic carbocycles. The predicted molar refractivity (Wildman–Crippen MR) is 81.5 cm³/mol. The van der Waals surface area contributed by atoms with E-state index in [0.717, 1.165) is 27.8 Å². The number of aromatic hydroxyl groups is 1. The maximum absolute atomic E-state index is 9.29. The molecule has 5 heteroatoms. The van der Waals surface area contributed by atoms with Crippen molar-refractivity contribution in [3.05, 3.63) is 53.5 Å². The van der Waals surface area contributed by atoms with Crippen molar-refractivity contribution in [3.8, 4) is 17.0 Å². The van der Waals surface area contributed by atoms with E-state index in [9.17, 15) is 5.11 Å². The highest BCUT2D eigenvalue weighted by atomic mass is 32.1. The number of rotatable bonds is 3. The summed E-state index contributed by atoms with van der Waals surface area (Å²) in [6, 6.07) is 10.9. The molecule has 2 N–H and O–H groups in total. The summed E-state index contributed by atoms with van der Waals surface area (Å²) < 4.78 is 0. The second kappa shape index (κ2) is 5.30. The summed E-state index contributed by atoms with van der Waals surface area (Å²) in [6.07, 6.45) is 1.82. The first kappa shape index (κ1) is 12.6. The van der Waals surface area contributed by atoms with Gasteiger partial charge in [0.25, 0.3) is 0 Å². The summed E-state index contributed by atoms with van der Waals surface area (Å²) in [7, 11) is 0. The molecule has 0 radical (unpaired) electrons. The number of phenols is 1. The Kier molecular flexibility index (Phi) is 3.35. The number of benzene rings is 1. The van der Waals surface area contributed by atoms with Gasteiger partial charge in [0.2, 0.25) is 0 Å². The summed E-state index contributed by atoms with van der Waals surface area (Å²) >= 11 is 1.52. The van der Waals surface area contributed by atoms with E-state index in [0.29, 0.717) is 0 Å². The minimum Gasteiger partial charge on any atom is -0.508 e. The Balaban J connectivity index is 1.80. The lowest BCUT2D eigenvalue weighted by molar-refractivity contribution is 0.475. The van der Waals surface area contributed by atoms with Crippen LogP contribution in [0.2, 0.25) is 0 Å². The Hall–Kier alpha value is -2.40. The first-order valence-electron chi connectivity index (χ1n) is 6.15. The van der Waals surface area contributed by atoms with Crippen LogP contribution in [0.15, 0.2) is 48.0 Å². The van der Waals surface area contributed by atoms with Crippen LogP contribution in [0.25, 0.3) is 11.3 Å². The van der Waals surface area contributed by atoms with E-state index < -0.39 is 0 Å². The first-order valence-corrected chi connectivity index (χ1v) is 7.03. The maximum atomic E-state index is 9.29. The number of hydrogen-bond donors (Lipinski definition) is 2. The van der Waals surface area contributed by atoms with Gasteiger partial charge in [-0.15, -0.1) is 11.3 Å². The number of aromatic nitrogens is 2. The highest BCUT2D eigenvalue weighted by molar-refractivity contribution is 7.14. The van der Waals surface area contributed by atoms with E-state index in [1.807, 2.05) is 42.8 Å². The number of pyridine rings is 1. The Morgan fingerprint density at radius 1 is 1.10 bits per heavy atom. The molecule has 0 saturated heterocycles. The van der Waals surface area contributed by atoms with Gasteiger partial charge in [-0.2, -0.15) is 0 Å². The summed E-state index contributed by atoms with van der Waals surface area (Å²) in [4.78, 5) is 8.80. The SMILES string of the molecule is Cc1ccc(Nc2nc(-c3ccc(O)cc3)cs2)nc1. The molecule has 0 atom stereocenters. The molecular weight excluding hydrogens is 270 g/mol. The van der Waals surface area contributed by atoms with Crippen molar-refractivity contribution < 1.29 is 5.11 Å². The van der Waals surface area contributed by atoms with E-state index in [2.05, 4.69) is 15.3 Å². The number of anilines is 2. The number of hydrogen-bond acceptors (Lipinski definition) is 5. The minimum absolute atomic E-state index is 0.256. The topological polar surface area (TPSA) is 58.0 Å². The lowest BCUT2D eigenvalue weighted by atomic mass is 10.2. The molecule has 4 nitrogen and oxygen atoms in total. The molecule has 3 rings (SSSR count). The van der Waals surface area contributed by atoms with Crippen LogP contribution in [-0.4, -0.2) is 15.1 Å². The third-order valence-corrected chi connectivity index (χ3v) is 3.57. The van der Waals surface area contributed by atoms with Crippen molar-refractivity contribution in [2.45, 2.75) is 6.92 Å². The molecule has 0 fully saturated rings. The van der Waals surface area contributed by atoms with Gasteiger partial charge in [-0.1, -0.05) is 6.07 Å². The van der Waals surface area contributed by atoms with Crippen molar-refractivity contribution in [3.63, 3.8) is 0 Å². The van der Waals surface area contributed by atoms with Crippen LogP contribution in [0.4, 0.5) is 10.9 Å². The Bertz CT molecular complexity index is 705. The molecule has 0 saturated carbocycles. The number of phenolic OH excluding ortho intramolecular Hbond substituents is 1. The summed E-state index contributed by atoms with van der Waals surface area (Å²) in [6.45, 7) is 2.00. The van der Waals surface area contributed by atoms with Crippen molar-refractivity contribution in [1.82, 2.24) is 9.97 Å². The van der Waals surface area contributed by atoms with Gasteiger partial charge in [0.1, 0.15) is 11.6 Å². The molecule has 0 bridgehead atoms. The van der Waals surface area contributed by atoms with Crippen LogP contribution in [-0.2, 0) is 0 Å². The second-order valence-electron chi connectivity index (χ2n) is 4.43. The van der Waals surface area contributed by atoms with E-state index >= 15 is 0 Å². The van der Waals surface area contributed by atoms with E-state index in [1.165, 1.54) is 11.3 Å². The van der Waals surface area contributed by atoms with Gasteiger partial charge in [-0.05, 0) is 42.8 Å². The van der Waals surface area contributed by atoms with Crippen LogP contribution in [0.3, 0.4) is 0 Å². The molecule has 3 aromatic rings. The van der Waals surface area contributed by atoms with E-state index in [-0.39, 0.29) is 5.75 Å². The number of nitrogens with one attached hydrogen (secondary N) is 1. The highest BCUT2D eigenvalue weighted by Crippen LogP contribution is 2.27. The van der Waals surface area contributed by atoms with Gasteiger partial charge in [-0.3, -0.25) is 0 Å². The Morgan fingerprint density at radius 2 is 1.90 bits per heavy atom. The quantitative estimate of drug-likeness (QED) is 0.763. The smallest absolute Gasteiger partial charge is 0.188 e. The standard InChI is InChI=1S/C15H13N3OS/c1-10-2-7-14(16-8-10)18-15-17-13(9-20-15)11-3-5-12(19)6-4-11/h2-9,19H,1H3,(H,16,17,18). The van der Waals surface area contributed by atoms with Crippen molar-refractivity contribution in [2.24, 2.45) is 0 Å². The zero-order valence-corrected chi connectivity index (χ0v) is 11.7. The molecule has 0 unspecified atom stereocenters. The van der Waals surface area contributed by atoms with Gasteiger partial charge in [0.05, 0.1) is 5.69 Å². The monoisotopic (exact) mass is 283 g/mol. The largest absolute Gasteiger partial charge is 0.508 e. The average Bonchev–Trinajstić information content (AvgIpc) is 2.91. The van der Waals surface area contributed by atoms with Crippen LogP contribution in [0.5, 0.6) is 5.75 Å². The third-order valence-electron chi connectivity index (χ3n) is 2.81. The zero-order chi connectivity index (χ0) is 13.9. The number of thiazole rings is 1. The van der Waals surface area contributed by atoms with Gasteiger partial charge in [0.15, 0.2) is 5.13 Å². The van der Waals surface area contributed by atoms with E-state index in [4.69, 9.17) is 0 Å². The fraction of sp³-hybridized carbons (Fsp3) is 0.0667. The third kappa shape index (κ3) is 2.78. The Labute approximate surface area is 120 Å². The van der Waals surface area contributed by atoms with E-state index in [1.54, 1.807) is 12.1 Å². The fourth-order valence-corrected chi connectivity index (χ4v) is 2.47. The van der Waals surface area contributed by atoms with Crippen LogP contribution in [0.1, 0.15) is 5.56 Å². The van der Waals surface area contributed by atoms with Crippen LogP contribution < -0.4 is 5.32 Å². The summed E-state index contributed by atoms with van der Waals surface area (Å²) in [5, 5.41) is 15.2. The molecular formula is C15H13N3OS. The highest BCUT2D eigenvalue weighted by Gasteiger charge is 2.05. The Morgan fingerprint density at radius 3 is 2.60 bits per heavy atom. The van der Waals surface area contributed by atoms with Crippen molar-refractivity contribution in [2.75, 3.05) is 5.32 Å². The average molecular weight is 283 g/mol. The molecule has 20 heavy (non-hydrogen) atoms. The zero-order valence-electron chi connectivity index (χ0n) is 10.9. The van der Waals surface area contributed by atoms with Crippen molar-refractivity contribution in [1.29, 1.82) is 0 Å².